The van der Waals surface area contributed by atoms with E-state index < -0.39 is 5.41 Å². The van der Waals surface area contributed by atoms with Crippen LogP contribution in [0.1, 0.15) is 51.2 Å². The zero-order valence-electron chi connectivity index (χ0n) is 37.4. The Kier molecular flexibility index (Phi) is 9.62. The van der Waals surface area contributed by atoms with E-state index in [1.54, 1.807) is 0 Å². The molecule has 0 amide bonds. The third kappa shape index (κ3) is 6.46. The monoisotopic (exact) mass is 869 g/mol. The molecule has 0 aromatic heterocycles. The van der Waals surface area contributed by atoms with Crippen LogP contribution in [0.15, 0.2) is 261 Å². The van der Waals surface area contributed by atoms with E-state index in [0.29, 0.717) is 0 Å². The fourth-order valence-electron chi connectivity index (χ4n) is 11.3. The van der Waals surface area contributed by atoms with Gasteiger partial charge in [0.1, 0.15) is 6.17 Å². The van der Waals surface area contributed by atoms with Crippen molar-refractivity contribution < 1.29 is 0 Å². The lowest BCUT2D eigenvalue weighted by atomic mass is 9.64. The Labute approximate surface area is 398 Å². The maximum Gasteiger partial charge on any atom is 0.104 e. The smallest absolute Gasteiger partial charge is 0.104 e. The van der Waals surface area contributed by atoms with Crippen molar-refractivity contribution >= 4 is 22.8 Å². The van der Waals surface area contributed by atoms with E-state index in [1.165, 1.54) is 89.3 Å². The summed E-state index contributed by atoms with van der Waals surface area (Å²) in [5, 5.41) is 7.81. The molecular formula is C65H47N3. The number of nitrogens with zero attached hydrogens (tertiary/aromatic N) is 1. The molecule has 2 N–H and O–H groups in total. The first kappa shape index (κ1) is 39.8. The molecule has 2 aliphatic heterocycles. The Hall–Kier alpha value is -8.50. The molecule has 1 spiro atoms. The lowest BCUT2D eigenvalue weighted by Crippen LogP contribution is -2.39. The summed E-state index contributed by atoms with van der Waals surface area (Å²) >= 11 is 0. The Balaban J connectivity index is 0.887. The molecule has 10 aromatic rings. The molecule has 68 heavy (non-hydrogen) atoms. The van der Waals surface area contributed by atoms with Crippen LogP contribution in [0, 0.1) is 0 Å². The van der Waals surface area contributed by atoms with Crippen LogP contribution in [0.5, 0.6) is 0 Å². The molecule has 2 heterocycles. The van der Waals surface area contributed by atoms with Crippen LogP contribution in [0.4, 0.5) is 17.1 Å². The summed E-state index contributed by atoms with van der Waals surface area (Å²) in [4.78, 5) is 2.44. The number of nitrogens with one attached hydrogen (secondary N) is 2. The molecule has 13 rings (SSSR count). The van der Waals surface area contributed by atoms with E-state index in [9.17, 15) is 0 Å². The van der Waals surface area contributed by atoms with E-state index >= 15 is 0 Å². The summed E-state index contributed by atoms with van der Waals surface area (Å²) < 4.78 is 0. The average molecular weight is 870 g/mol. The van der Waals surface area contributed by atoms with Crippen LogP contribution in [-0.2, 0) is 5.41 Å². The van der Waals surface area contributed by atoms with Gasteiger partial charge >= 0.3 is 0 Å². The van der Waals surface area contributed by atoms with Crippen LogP contribution in [0.2, 0.25) is 0 Å². The van der Waals surface area contributed by atoms with Crippen molar-refractivity contribution in [2.45, 2.75) is 17.6 Å². The Bertz CT molecular complexity index is 3460. The number of hydrogen-bond donors (Lipinski definition) is 2. The van der Waals surface area contributed by atoms with Gasteiger partial charge in [0, 0.05) is 11.4 Å². The molecule has 3 nitrogen and oxygen atoms in total. The van der Waals surface area contributed by atoms with Crippen molar-refractivity contribution in [2.24, 2.45) is 0 Å². The normalized spacial score (nSPS) is 16.2. The lowest BCUT2D eigenvalue weighted by Gasteiger charge is -2.45. The number of hydrogen-bond acceptors (Lipinski definition) is 3. The van der Waals surface area contributed by atoms with E-state index in [2.05, 4.69) is 276 Å². The molecular weight excluding hydrogens is 823 g/mol. The van der Waals surface area contributed by atoms with Crippen molar-refractivity contribution in [1.29, 1.82) is 0 Å². The number of benzene rings is 10. The summed E-state index contributed by atoms with van der Waals surface area (Å²) in [6.07, 6.45) is 2.27. The largest absolute Gasteiger partial charge is 0.366 e. The quantitative estimate of drug-likeness (QED) is 0.167. The van der Waals surface area contributed by atoms with Crippen LogP contribution in [0.3, 0.4) is 0 Å². The Morgan fingerprint density at radius 3 is 1.53 bits per heavy atom. The second-order valence-corrected chi connectivity index (χ2v) is 18.1. The molecule has 1 aliphatic carbocycles. The summed E-state index contributed by atoms with van der Waals surface area (Å²) in [7, 11) is 0. The van der Waals surface area contributed by atoms with Crippen LogP contribution < -0.4 is 15.5 Å². The predicted octanol–water partition coefficient (Wildman–Crippen LogP) is 15.8. The van der Waals surface area contributed by atoms with Crippen LogP contribution >= 0.6 is 0 Å². The fraction of sp³-hybridized carbons (Fsp3) is 0.0462. The van der Waals surface area contributed by atoms with Gasteiger partial charge in [-0.15, -0.1) is 0 Å². The van der Waals surface area contributed by atoms with Gasteiger partial charge in [0.05, 0.1) is 22.8 Å². The van der Waals surface area contributed by atoms with Gasteiger partial charge in [-0.2, -0.15) is 0 Å². The topological polar surface area (TPSA) is 27.3 Å². The molecule has 2 atom stereocenters. The third-order valence-electron chi connectivity index (χ3n) is 14.4. The van der Waals surface area contributed by atoms with Gasteiger partial charge in [0.25, 0.3) is 0 Å². The molecule has 10 aromatic carbocycles. The molecule has 3 heteroatoms. The second kappa shape index (κ2) is 16.4. The number of rotatable bonds is 7. The Morgan fingerprint density at radius 2 is 0.838 bits per heavy atom. The van der Waals surface area contributed by atoms with Crippen molar-refractivity contribution in [3.63, 3.8) is 0 Å². The number of fused-ring (bicyclic) bond motifs is 9. The lowest BCUT2D eigenvalue weighted by molar-refractivity contribution is 0.443. The average Bonchev–Trinajstić information content (AvgIpc) is 3.71. The summed E-state index contributed by atoms with van der Waals surface area (Å²) in [5.41, 5.74) is 22.8. The van der Waals surface area contributed by atoms with Crippen molar-refractivity contribution in [3.05, 3.63) is 300 Å². The first-order valence-electron chi connectivity index (χ1n) is 23.7. The highest BCUT2D eigenvalue weighted by Gasteiger charge is 2.51. The zero-order chi connectivity index (χ0) is 45.0. The van der Waals surface area contributed by atoms with Gasteiger partial charge < -0.3 is 10.2 Å². The van der Waals surface area contributed by atoms with Crippen molar-refractivity contribution in [2.75, 3.05) is 4.90 Å². The molecule has 0 saturated carbocycles. The van der Waals surface area contributed by atoms with Gasteiger partial charge in [-0.3, -0.25) is 5.32 Å². The van der Waals surface area contributed by atoms with Gasteiger partial charge in [-0.25, -0.2) is 0 Å². The van der Waals surface area contributed by atoms with E-state index in [0.717, 1.165) is 16.9 Å². The minimum absolute atomic E-state index is 0.0465. The zero-order valence-corrected chi connectivity index (χ0v) is 37.4. The summed E-state index contributed by atoms with van der Waals surface area (Å²) in [6.45, 7) is 0. The number of para-hydroxylation sites is 3. The molecule has 3 aliphatic rings. The summed E-state index contributed by atoms with van der Waals surface area (Å²) in [6, 6.07) is 93.3. The van der Waals surface area contributed by atoms with Crippen LogP contribution in [0.25, 0.3) is 50.2 Å². The maximum absolute atomic E-state index is 3.97. The third-order valence-corrected chi connectivity index (χ3v) is 14.4. The molecule has 0 fully saturated rings. The SMILES string of the molecule is C1=C(c2ccc(-c3ccccc3)cc2)NC(c2ccccc2)NC1c1ccccc1-c1ccc(-c2ccc3c(c2)C2(c4ccccc4-3)c3ccccc3N(c3ccccc3)c3ccccc32)cc1. The van der Waals surface area contributed by atoms with Gasteiger partial charge in [0.15, 0.2) is 0 Å². The van der Waals surface area contributed by atoms with Crippen LogP contribution in [-0.4, -0.2) is 0 Å². The van der Waals surface area contributed by atoms with Gasteiger partial charge in [-0.05, 0) is 120 Å². The minimum Gasteiger partial charge on any atom is -0.366 e. The highest BCUT2D eigenvalue weighted by atomic mass is 15.2. The van der Waals surface area contributed by atoms with E-state index in [-0.39, 0.29) is 12.2 Å². The fourth-order valence-corrected chi connectivity index (χ4v) is 11.3. The van der Waals surface area contributed by atoms with Crippen molar-refractivity contribution in [3.8, 4) is 44.5 Å². The van der Waals surface area contributed by atoms with E-state index in [4.69, 9.17) is 0 Å². The van der Waals surface area contributed by atoms with Gasteiger partial charge in [0.2, 0.25) is 0 Å². The molecule has 322 valence electrons. The van der Waals surface area contributed by atoms with Crippen molar-refractivity contribution in [1.82, 2.24) is 10.6 Å². The first-order valence-corrected chi connectivity index (χ1v) is 23.7. The standard InChI is InChI=1S/C65H47N3/c1-4-18-44(19-5-1)45-34-38-48(39-35-45)60-43-61(67-64(66-60)49-20-6-2-7-21-49)55-26-11-10-24-52(55)47-36-32-46(33-37-47)50-40-41-54-53-25-12-13-27-56(53)65(59(54)42-50)57-28-14-16-30-62(57)68(51-22-8-3-9-23-51)63-31-17-15-29-58(63)65/h1-43,61,64,66-67H. The molecule has 2 unspecified atom stereocenters. The first-order chi connectivity index (χ1) is 33.7. The molecule has 0 bridgehead atoms. The Morgan fingerprint density at radius 1 is 0.353 bits per heavy atom. The predicted molar refractivity (Wildman–Crippen MR) is 281 cm³/mol. The molecule has 0 radical (unpaired) electrons. The highest BCUT2D eigenvalue weighted by molar-refractivity contribution is 5.96. The second-order valence-electron chi connectivity index (χ2n) is 18.1. The van der Waals surface area contributed by atoms with Gasteiger partial charge in [-0.1, -0.05) is 224 Å². The molecule has 0 saturated heterocycles. The highest BCUT2D eigenvalue weighted by Crippen LogP contribution is 2.63. The minimum atomic E-state index is -0.505. The number of anilines is 3. The maximum atomic E-state index is 3.97. The van der Waals surface area contributed by atoms with E-state index in [1.807, 2.05) is 0 Å². The summed E-state index contributed by atoms with van der Waals surface area (Å²) in [5.74, 6) is 0.